The molecule has 1 unspecified atom stereocenters. The van der Waals surface area contributed by atoms with Gasteiger partial charge in [0.2, 0.25) is 0 Å². The van der Waals surface area contributed by atoms with Gasteiger partial charge in [-0.1, -0.05) is 18.2 Å². The maximum atomic E-state index is 5.37. The van der Waals surface area contributed by atoms with Crippen LogP contribution in [0.1, 0.15) is 18.7 Å². The molecule has 1 atom stereocenters. The Bertz CT molecular complexity index is 521. The minimum Gasteiger partial charge on any atom is -0.381 e. The molecular formula is C14H19N5O. The van der Waals surface area contributed by atoms with Crippen LogP contribution in [0.2, 0.25) is 0 Å². The van der Waals surface area contributed by atoms with Gasteiger partial charge in [-0.25, -0.2) is 0 Å². The summed E-state index contributed by atoms with van der Waals surface area (Å²) < 4.78 is 7.14. The maximum absolute atomic E-state index is 5.37. The van der Waals surface area contributed by atoms with Crippen molar-refractivity contribution in [2.24, 2.45) is 5.92 Å². The summed E-state index contributed by atoms with van der Waals surface area (Å²) in [6.45, 7) is 3.46. The second-order valence-electron chi connectivity index (χ2n) is 5.04. The summed E-state index contributed by atoms with van der Waals surface area (Å²) in [5.41, 5.74) is 0.985. The van der Waals surface area contributed by atoms with Gasteiger partial charge in [0.15, 0.2) is 5.82 Å². The zero-order valence-corrected chi connectivity index (χ0v) is 11.4. The molecule has 0 amide bonds. The van der Waals surface area contributed by atoms with E-state index in [1.165, 1.54) is 6.42 Å². The Hall–Kier alpha value is -1.79. The van der Waals surface area contributed by atoms with Crippen LogP contribution in [0.4, 0.5) is 0 Å². The van der Waals surface area contributed by atoms with Gasteiger partial charge in [-0.05, 0) is 47.9 Å². The molecule has 0 saturated carbocycles. The topological polar surface area (TPSA) is 64.9 Å². The van der Waals surface area contributed by atoms with Crippen LogP contribution in [0, 0.1) is 5.92 Å². The molecule has 0 spiro atoms. The Morgan fingerprint density at radius 2 is 2.20 bits per heavy atom. The molecular weight excluding hydrogens is 254 g/mol. The highest BCUT2D eigenvalue weighted by molar-refractivity contribution is 5.30. The number of hydrogen-bond donors (Lipinski definition) is 1. The molecule has 20 heavy (non-hydrogen) atoms. The number of para-hydroxylation sites is 1. The standard InChI is InChI=1S/C14H19N5O/c1-2-4-13(5-3-1)19-14(16-17-18-19)10-15-8-6-12-7-9-20-11-12/h1-5,12,15H,6-11H2. The Morgan fingerprint density at radius 1 is 1.30 bits per heavy atom. The highest BCUT2D eigenvalue weighted by Crippen LogP contribution is 2.15. The predicted octanol–water partition coefficient (Wildman–Crippen LogP) is 1.18. The van der Waals surface area contributed by atoms with Gasteiger partial charge in [-0.2, -0.15) is 4.68 Å². The van der Waals surface area contributed by atoms with E-state index >= 15 is 0 Å². The van der Waals surface area contributed by atoms with Crippen LogP contribution in [0.3, 0.4) is 0 Å². The van der Waals surface area contributed by atoms with Crippen LogP contribution in [-0.4, -0.2) is 40.0 Å². The Kier molecular flexibility index (Phi) is 4.35. The van der Waals surface area contributed by atoms with Gasteiger partial charge in [-0.3, -0.25) is 0 Å². The molecule has 0 aliphatic carbocycles. The third-order valence-electron chi connectivity index (χ3n) is 3.57. The third-order valence-corrected chi connectivity index (χ3v) is 3.57. The minimum atomic E-state index is 0.676. The third kappa shape index (κ3) is 3.20. The molecule has 1 N–H and O–H groups in total. The van der Waals surface area contributed by atoms with E-state index in [9.17, 15) is 0 Å². The van der Waals surface area contributed by atoms with Gasteiger partial charge in [-0.15, -0.1) is 5.10 Å². The quantitative estimate of drug-likeness (QED) is 0.801. The number of nitrogens with one attached hydrogen (secondary N) is 1. The largest absolute Gasteiger partial charge is 0.381 e. The highest BCUT2D eigenvalue weighted by Gasteiger charge is 2.15. The molecule has 1 aromatic heterocycles. The summed E-state index contributed by atoms with van der Waals surface area (Å²) in [6.07, 6.45) is 2.33. The zero-order chi connectivity index (χ0) is 13.6. The van der Waals surface area contributed by atoms with Crippen LogP contribution in [0.15, 0.2) is 30.3 Å². The minimum absolute atomic E-state index is 0.676. The van der Waals surface area contributed by atoms with Crippen LogP contribution >= 0.6 is 0 Å². The van der Waals surface area contributed by atoms with Crippen molar-refractivity contribution in [2.45, 2.75) is 19.4 Å². The normalized spacial score (nSPS) is 18.5. The molecule has 1 saturated heterocycles. The molecule has 0 bridgehead atoms. The van der Waals surface area contributed by atoms with E-state index < -0.39 is 0 Å². The first-order valence-corrected chi connectivity index (χ1v) is 7.04. The number of aromatic nitrogens is 4. The van der Waals surface area contributed by atoms with Gasteiger partial charge in [0, 0.05) is 13.2 Å². The molecule has 1 fully saturated rings. The average molecular weight is 273 g/mol. The number of hydrogen-bond acceptors (Lipinski definition) is 5. The lowest BCUT2D eigenvalue weighted by atomic mass is 10.1. The highest BCUT2D eigenvalue weighted by atomic mass is 16.5. The molecule has 1 aliphatic rings. The summed E-state index contributed by atoms with van der Waals surface area (Å²) in [5, 5.41) is 15.3. The van der Waals surface area contributed by atoms with E-state index in [1.54, 1.807) is 4.68 Å². The van der Waals surface area contributed by atoms with Crippen molar-refractivity contribution in [3.05, 3.63) is 36.2 Å². The molecule has 3 rings (SSSR count). The number of ether oxygens (including phenoxy) is 1. The first-order valence-electron chi connectivity index (χ1n) is 7.04. The van der Waals surface area contributed by atoms with Crippen molar-refractivity contribution in [1.29, 1.82) is 0 Å². The lowest BCUT2D eigenvalue weighted by molar-refractivity contribution is 0.184. The van der Waals surface area contributed by atoms with Gasteiger partial charge in [0.25, 0.3) is 0 Å². The lowest BCUT2D eigenvalue weighted by Crippen LogP contribution is -2.20. The lowest BCUT2D eigenvalue weighted by Gasteiger charge is -2.08. The number of tetrazole rings is 1. The van der Waals surface area contributed by atoms with E-state index in [2.05, 4.69) is 20.8 Å². The van der Waals surface area contributed by atoms with E-state index in [1.807, 2.05) is 30.3 Å². The summed E-state index contributed by atoms with van der Waals surface area (Å²) >= 11 is 0. The number of benzene rings is 1. The summed E-state index contributed by atoms with van der Waals surface area (Å²) in [6, 6.07) is 9.93. The van der Waals surface area contributed by atoms with Crippen molar-refractivity contribution in [3.63, 3.8) is 0 Å². The number of rotatable bonds is 6. The molecule has 6 nitrogen and oxygen atoms in total. The average Bonchev–Trinajstić information content (AvgIpc) is 3.16. The maximum Gasteiger partial charge on any atom is 0.170 e. The van der Waals surface area contributed by atoms with E-state index in [-0.39, 0.29) is 0 Å². The van der Waals surface area contributed by atoms with Gasteiger partial charge < -0.3 is 10.1 Å². The van der Waals surface area contributed by atoms with Crippen molar-refractivity contribution in [1.82, 2.24) is 25.5 Å². The Labute approximate surface area is 118 Å². The van der Waals surface area contributed by atoms with Crippen LogP contribution in [0.25, 0.3) is 5.69 Å². The summed E-state index contributed by atoms with van der Waals surface area (Å²) in [4.78, 5) is 0. The monoisotopic (exact) mass is 273 g/mol. The van der Waals surface area contributed by atoms with Crippen molar-refractivity contribution < 1.29 is 4.74 Å². The fourth-order valence-electron chi connectivity index (χ4n) is 2.40. The second-order valence-corrected chi connectivity index (χ2v) is 5.04. The Balaban J connectivity index is 1.52. The van der Waals surface area contributed by atoms with E-state index in [4.69, 9.17) is 4.74 Å². The second kappa shape index (κ2) is 6.58. The van der Waals surface area contributed by atoms with Gasteiger partial charge in [0.05, 0.1) is 12.2 Å². The molecule has 2 heterocycles. The molecule has 1 aromatic carbocycles. The molecule has 1 aliphatic heterocycles. The number of nitrogens with zero attached hydrogens (tertiary/aromatic N) is 4. The smallest absolute Gasteiger partial charge is 0.170 e. The fraction of sp³-hybridized carbons (Fsp3) is 0.500. The first-order chi connectivity index (χ1) is 9.93. The van der Waals surface area contributed by atoms with Crippen LogP contribution < -0.4 is 5.32 Å². The zero-order valence-electron chi connectivity index (χ0n) is 11.4. The van der Waals surface area contributed by atoms with Crippen LogP contribution in [0.5, 0.6) is 0 Å². The molecule has 2 aromatic rings. The Morgan fingerprint density at radius 3 is 3.00 bits per heavy atom. The molecule has 0 radical (unpaired) electrons. The van der Waals surface area contributed by atoms with Gasteiger partial charge in [0.1, 0.15) is 0 Å². The summed E-state index contributed by atoms with van der Waals surface area (Å²) in [5.74, 6) is 1.53. The van der Waals surface area contributed by atoms with Crippen LogP contribution in [-0.2, 0) is 11.3 Å². The van der Waals surface area contributed by atoms with Crippen molar-refractivity contribution >= 4 is 0 Å². The first kappa shape index (κ1) is 13.2. The SMILES string of the molecule is c1ccc(-n2nnnc2CNCCC2CCOC2)cc1. The molecule has 106 valence electrons. The van der Waals surface area contributed by atoms with Crippen molar-refractivity contribution in [2.75, 3.05) is 19.8 Å². The van der Waals surface area contributed by atoms with Crippen molar-refractivity contribution in [3.8, 4) is 5.69 Å². The molecule has 6 heteroatoms. The fourth-order valence-corrected chi connectivity index (χ4v) is 2.40. The predicted molar refractivity (Wildman–Crippen MR) is 74.4 cm³/mol. The van der Waals surface area contributed by atoms with E-state index in [0.29, 0.717) is 12.5 Å². The van der Waals surface area contributed by atoms with Gasteiger partial charge >= 0.3 is 0 Å². The van der Waals surface area contributed by atoms with E-state index in [0.717, 1.165) is 37.7 Å². The summed E-state index contributed by atoms with van der Waals surface area (Å²) in [7, 11) is 0.